The summed E-state index contributed by atoms with van der Waals surface area (Å²) in [6.07, 6.45) is 0. The summed E-state index contributed by atoms with van der Waals surface area (Å²) in [5, 5.41) is 7.74. The van der Waals surface area contributed by atoms with Crippen LogP contribution < -0.4 is 16.6 Å². The summed E-state index contributed by atoms with van der Waals surface area (Å²) in [4.78, 5) is 35.6. The van der Waals surface area contributed by atoms with E-state index in [9.17, 15) is 23.2 Å². The molecule has 0 aliphatic carbocycles. The van der Waals surface area contributed by atoms with Gasteiger partial charge < -0.3 is 5.32 Å². The van der Waals surface area contributed by atoms with Crippen molar-refractivity contribution in [2.24, 2.45) is 0 Å². The standard InChI is InChI=1S/C11H8F2N4O3S/c12-6-2-1-5(3-7(6)13)14-8(18)4-21-10-9(19)15-11(20)17-16-10/h1-3H,4H2,(H,14,18)(H2,15,17,19,20). The van der Waals surface area contributed by atoms with Crippen LogP contribution >= 0.6 is 11.8 Å². The van der Waals surface area contributed by atoms with Crippen molar-refractivity contribution in [1.29, 1.82) is 0 Å². The van der Waals surface area contributed by atoms with Crippen LogP contribution in [-0.2, 0) is 4.79 Å². The summed E-state index contributed by atoms with van der Waals surface area (Å²) in [6.45, 7) is 0. The first-order chi connectivity index (χ1) is 9.95. The van der Waals surface area contributed by atoms with Gasteiger partial charge in [0.25, 0.3) is 5.56 Å². The van der Waals surface area contributed by atoms with Crippen LogP contribution in [0.1, 0.15) is 0 Å². The molecule has 1 aromatic carbocycles. The number of nitrogens with zero attached hydrogens (tertiary/aromatic N) is 1. The lowest BCUT2D eigenvalue weighted by Crippen LogP contribution is -2.25. The largest absolute Gasteiger partial charge is 0.342 e. The van der Waals surface area contributed by atoms with Crippen molar-refractivity contribution >= 4 is 23.4 Å². The summed E-state index contributed by atoms with van der Waals surface area (Å²) in [5.74, 6) is -2.84. The second-order valence-corrected chi connectivity index (χ2v) is 4.74. The molecule has 0 aliphatic heterocycles. The first kappa shape index (κ1) is 14.9. The highest BCUT2D eigenvalue weighted by molar-refractivity contribution is 7.99. The predicted molar refractivity (Wildman–Crippen MR) is 71.2 cm³/mol. The second-order valence-electron chi connectivity index (χ2n) is 3.78. The molecule has 0 unspecified atom stereocenters. The molecule has 0 saturated heterocycles. The molecule has 0 atom stereocenters. The van der Waals surface area contributed by atoms with Gasteiger partial charge in [0.1, 0.15) is 0 Å². The number of amides is 1. The Bertz CT molecular complexity index is 790. The van der Waals surface area contributed by atoms with Crippen LogP contribution in [0.25, 0.3) is 0 Å². The highest BCUT2D eigenvalue weighted by atomic mass is 32.2. The number of halogens is 2. The molecule has 10 heteroatoms. The van der Waals surface area contributed by atoms with Crippen LogP contribution in [0, 0.1) is 11.6 Å². The van der Waals surface area contributed by atoms with Crippen molar-refractivity contribution in [2.45, 2.75) is 5.03 Å². The zero-order valence-corrected chi connectivity index (χ0v) is 11.1. The number of aromatic nitrogens is 3. The lowest BCUT2D eigenvalue weighted by Gasteiger charge is -2.04. The van der Waals surface area contributed by atoms with E-state index in [2.05, 4.69) is 10.4 Å². The van der Waals surface area contributed by atoms with E-state index in [1.807, 2.05) is 10.1 Å². The number of carbonyl (C=O) groups is 1. The summed E-state index contributed by atoms with van der Waals surface area (Å²) >= 11 is 0.786. The Morgan fingerprint density at radius 1 is 1.29 bits per heavy atom. The number of thioether (sulfide) groups is 1. The van der Waals surface area contributed by atoms with Crippen LogP contribution in [0.15, 0.2) is 32.8 Å². The number of benzene rings is 1. The summed E-state index contributed by atoms with van der Waals surface area (Å²) in [5.41, 5.74) is -1.39. The minimum absolute atomic E-state index is 0.0860. The summed E-state index contributed by atoms with van der Waals surface area (Å²) in [7, 11) is 0. The van der Waals surface area contributed by atoms with Gasteiger partial charge in [-0.3, -0.25) is 14.6 Å². The van der Waals surface area contributed by atoms with Crippen LogP contribution in [0.4, 0.5) is 14.5 Å². The monoisotopic (exact) mass is 314 g/mol. The number of nitrogens with one attached hydrogen (secondary N) is 3. The Labute approximate surface area is 119 Å². The molecule has 110 valence electrons. The van der Waals surface area contributed by atoms with Crippen molar-refractivity contribution in [3.05, 3.63) is 50.7 Å². The van der Waals surface area contributed by atoms with Crippen molar-refractivity contribution in [1.82, 2.24) is 15.2 Å². The Balaban J connectivity index is 1.97. The fraction of sp³-hybridized carbons (Fsp3) is 0.0909. The molecule has 3 N–H and O–H groups in total. The molecule has 1 aromatic heterocycles. The van der Waals surface area contributed by atoms with Gasteiger partial charge in [0, 0.05) is 11.8 Å². The third kappa shape index (κ3) is 3.99. The molecule has 7 nitrogen and oxygen atoms in total. The van der Waals surface area contributed by atoms with Crippen molar-refractivity contribution in [3.63, 3.8) is 0 Å². The number of hydrogen-bond acceptors (Lipinski definition) is 5. The smallest absolute Gasteiger partial charge is 0.325 e. The zero-order chi connectivity index (χ0) is 15.4. The molecule has 21 heavy (non-hydrogen) atoms. The number of H-pyrrole nitrogens is 2. The number of carbonyl (C=O) groups excluding carboxylic acids is 1. The molecular weight excluding hydrogens is 306 g/mol. The van der Waals surface area contributed by atoms with E-state index in [0.29, 0.717) is 0 Å². The van der Waals surface area contributed by atoms with Gasteiger partial charge in [0.2, 0.25) is 5.91 Å². The number of rotatable bonds is 4. The van der Waals surface area contributed by atoms with E-state index in [-0.39, 0.29) is 16.5 Å². The highest BCUT2D eigenvalue weighted by Gasteiger charge is 2.09. The molecular formula is C11H8F2N4O3S. The minimum Gasteiger partial charge on any atom is -0.325 e. The number of hydrogen-bond donors (Lipinski definition) is 3. The lowest BCUT2D eigenvalue weighted by molar-refractivity contribution is -0.113. The third-order valence-corrected chi connectivity index (χ3v) is 3.18. The van der Waals surface area contributed by atoms with Crippen LogP contribution in [0.3, 0.4) is 0 Å². The summed E-state index contributed by atoms with van der Waals surface area (Å²) in [6, 6.07) is 2.92. The van der Waals surface area contributed by atoms with Crippen molar-refractivity contribution < 1.29 is 13.6 Å². The molecule has 2 aromatic rings. The predicted octanol–water partition coefficient (Wildman–Crippen LogP) is 0.467. The van der Waals surface area contributed by atoms with Gasteiger partial charge in [-0.2, -0.15) is 5.10 Å². The second kappa shape index (κ2) is 6.31. The topological polar surface area (TPSA) is 108 Å². The SMILES string of the molecule is O=C(CSc1n[nH]c(=O)[nH]c1=O)Nc1ccc(F)c(F)c1. The maximum atomic E-state index is 13.0. The average Bonchev–Trinajstić information content (AvgIpc) is 2.42. The fourth-order valence-electron chi connectivity index (χ4n) is 1.34. The molecule has 0 spiro atoms. The van der Waals surface area contributed by atoms with Gasteiger partial charge >= 0.3 is 5.69 Å². The zero-order valence-electron chi connectivity index (χ0n) is 10.3. The van der Waals surface area contributed by atoms with Gasteiger partial charge in [-0.1, -0.05) is 11.8 Å². The van der Waals surface area contributed by atoms with Crippen LogP contribution in [0.2, 0.25) is 0 Å². The lowest BCUT2D eigenvalue weighted by atomic mass is 10.3. The van der Waals surface area contributed by atoms with E-state index >= 15 is 0 Å². The summed E-state index contributed by atoms with van der Waals surface area (Å²) < 4.78 is 25.7. The van der Waals surface area contributed by atoms with Crippen LogP contribution in [-0.4, -0.2) is 26.8 Å². The first-order valence-corrected chi connectivity index (χ1v) is 6.51. The van der Waals surface area contributed by atoms with E-state index in [0.717, 1.165) is 23.9 Å². The molecule has 2 rings (SSSR count). The van der Waals surface area contributed by atoms with Crippen molar-refractivity contribution in [3.8, 4) is 0 Å². The van der Waals surface area contributed by atoms with Gasteiger partial charge in [-0.05, 0) is 12.1 Å². The van der Waals surface area contributed by atoms with Gasteiger partial charge in [0.15, 0.2) is 16.7 Å². The molecule has 0 fully saturated rings. The van der Waals surface area contributed by atoms with Crippen LogP contribution in [0.5, 0.6) is 0 Å². The average molecular weight is 314 g/mol. The molecule has 1 amide bonds. The Morgan fingerprint density at radius 3 is 2.71 bits per heavy atom. The minimum atomic E-state index is -1.08. The maximum Gasteiger partial charge on any atom is 0.342 e. The van der Waals surface area contributed by atoms with Crippen molar-refractivity contribution in [2.75, 3.05) is 11.1 Å². The maximum absolute atomic E-state index is 13.0. The van der Waals surface area contributed by atoms with E-state index in [1.165, 1.54) is 6.07 Å². The normalized spacial score (nSPS) is 10.4. The Hall–Kier alpha value is -2.49. The van der Waals surface area contributed by atoms with Gasteiger partial charge in [-0.25, -0.2) is 18.7 Å². The van der Waals surface area contributed by atoms with E-state index in [1.54, 1.807) is 0 Å². The fourth-order valence-corrected chi connectivity index (χ4v) is 1.97. The van der Waals surface area contributed by atoms with E-state index in [4.69, 9.17) is 0 Å². The number of anilines is 1. The molecule has 0 bridgehead atoms. The van der Waals surface area contributed by atoms with Gasteiger partial charge in [-0.15, -0.1) is 0 Å². The molecule has 1 heterocycles. The van der Waals surface area contributed by atoms with E-state index < -0.39 is 28.8 Å². The third-order valence-electron chi connectivity index (χ3n) is 2.22. The molecule has 0 saturated carbocycles. The Morgan fingerprint density at radius 2 is 2.05 bits per heavy atom. The first-order valence-electron chi connectivity index (χ1n) is 5.52. The molecule has 0 aliphatic rings. The molecule has 0 radical (unpaired) electrons. The Kier molecular flexibility index (Phi) is 4.48. The highest BCUT2D eigenvalue weighted by Crippen LogP contribution is 2.14. The number of aromatic amines is 2. The quantitative estimate of drug-likeness (QED) is 0.711. The van der Waals surface area contributed by atoms with Gasteiger partial charge in [0.05, 0.1) is 5.75 Å².